The molecular formula is C22H23F2N3O. The summed E-state index contributed by atoms with van der Waals surface area (Å²) >= 11 is 0. The zero-order valence-electron chi connectivity index (χ0n) is 15.5. The maximum absolute atomic E-state index is 13.8. The highest BCUT2D eigenvalue weighted by Gasteiger charge is 2.54. The molecule has 2 heterocycles. The van der Waals surface area contributed by atoms with Crippen molar-refractivity contribution in [2.45, 2.75) is 13.0 Å². The van der Waals surface area contributed by atoms with Crippen LogP contribution in [0.15, 0.2) is 48.8 Å². The number of hydrogen-bond donors (Lipinski definition) is 1. The third-order valence-electron chi connectivity index (χ3n) is 5.74. The van der Waals surface area contributed by atoms with Crippen molar-refractivity contribution in [1.82, 2.24) is 15.2 Å². The Balaban J connectivity index is 1.16. The molecule has 2 aromatic rings. The molecule has 1 saturated heterocycles. The summed E-state index contributed by atoms with van der Waals surface area (Å²) in [6.45, 7) is 3.09. The van der Waals surface area contributed by atoms with Crippen molar-refractivity contribution in [3.05, 3.63) is 71.6 Å². The number of nitrogens with one attached hydrogen (secondary N) is 1. The van der Waals surface area contributed by atoms with Crippen LogP contribution in [0.25, 0.3) is 6.08 Å². The second kappa shape index (κ2) is 8.19. The molecule has 4 rings (SSSR count). The first kappa shape index (κ1) is 18.7. The van der Waals surface area contributed by atoms with Crippen molar-refractivity contribution in [2.75, 3.05) is 19.6 Å². The molecule has 0 bridgehead atoms. The van der Waals surface area contributed by atoms with Gasteiger partial charge in [0.05, 0.1) is 0 Å². The Hall–Kier alpha value is -2.60. The number of pyridine rings is 1. The third kappa shape index (κ3) is 4.44. The SMILES string of the molecule is O=C(/C=C/c1cccnc1)NCC[C@@H]1[C@H]2CN(Cc3ccc(F)cc3F)C[C@@H]12. The highest BCUT2D eigenvalue weighted by Crippen LogP contribution is 2.53. The van der Waals surface area contributed by atoms with Gasteiger partial charge in [0, 0.05) is 56.3 Å². The summed E-state index contributed by atoms with van der Waals surface area (Å²) in [6.07, 6.45) is 7.66. The van der Waals surface area contributed by atoms with Crippen molar-refractivity contribution in [1.29, 1.82) is 0 Å². The van der Waals surface area contributed by atoms with E-state index in [2.05, 4.69) is 15.2 Å². The Kier molecular flexibility index (Phi) is 5.48. The number of amides is 1. The van der Waals surface area contributed by atoms with Gasteiger partial charge in [0.25, 0.3) is 0 Å². The Labute approximate surface area is 163 Å². The number of hydrogen-bond acceptors (Lipinski definition) is 3. The zero-order chi connectivity index (χ0) is 19.5. The molecule has 2 fully saturated rings. The molecule has 1 N–H and O–H groups in total. The van der Waals surface area contributed by atoms with Crippen LogP contribution in [-0.2, 0) is 11.3 Å². The van der Waals surface area contributed by atoms with Crippen molar-refractivity contribution >= 4 is 12.0 Å². The summed E-state index contributed by atoms with van der Waals surface area (Å²) in [5.41, 5.74) is 1.44. The number of fused-ring (bicyclic) bond motifs is 1. The van der Waals surface area contributed by atoms with Gasteiger partial charge in [0.1, 0.15) is 11.6 Å². The van der Waals surface area contributed by atoms with Crippen LogP contribution in [0.3, 0.4) is 0 Å². The van der Waals surface area contributed by atoms with Crippen LogP contribution in [0.5, 0.6) is 0 Å². The second-order valence-electron chi connectivity index (χ2n) is 7.62. The molecule has 1 aliphatic heterocycles. The summed E-state index contributed by atoms with van der Waals surface area (Å²) in [6, 6.07) is 7.51. The number of rotatable bonds is 7. The first-order valence-electron chi connectivity index (χ1n) is 9.62. The van der Waals surface area contributed by atoms with Gasteiger partial charge >= 0.3 is 0 Å². The van der Waals surface area contributed by atoms with E-state index >= 15 is 0 Å². The van der Waals surface area contributed by atoms with Crippen molar-refractivity contribution in [3.8, 4) is 0 Å². The van der Waals surface area contributed by atoms with Crippen LogP contribution in [0.4, 0.5) is 8.78 Å². The van der Waals surface area contributed by atoms with Crippen molar-refractivity contribution in [2.24, 2.45) is 17.8 Å². The number of piperidine rings is 1. The van der Waals surface area contributed by atoms with Crippen LogP contribution in [0.2, 0.25) is 0 Å². The number of benzene rings is 1. The minimum Gasteiger partial charge on any atom is -0.353 e. The lowest BCUT2D eigenvalue weighted by molar-refractivity contribution is -0.116. The molecule has 28 heavy (non-hydrogen) atoms. The number of carbonyl (C=O) groups excluding carboxylic acids is 1. The number of aromatic nitrogens is 1. The molecule has 3 atom stereocenters. The fourth-order valence-corrected chi connectivity index (χ4v) is 4.25. The van der Waals surface area contributed by atoms with E-state index in [1.54, 1.807) is 18.5 Å². The van der Waals surface area contributed by atoms with E-state index in [0.717, 1.165) is 31.1 Å². The summed E-state index contributed by atoms with van der Waals surface area (Å²) in [7, 11) is 0. The number of likely N-dealkylation sites (tertiary alicyclic amines) is 1. The molecule has 2 aliphatic rings. The molecular weight excluding hydrogens is 360 g/mol. The average molecular weight is 383 g/mol. The first-order chi connectivity index (χ1) is 13.6. The molecule has 0 spiro atoms. The van der Waals surface area contributed by atoms with Crippen LogP contribution >= 0.6 is 0 Å². The van der Waals surface area contributed by atoms with Crippen molar-refractivity contribution in [3.63, 3.8) is 0 Å². The van der Waals surface area contributed by atoms with Crippen LogP contribution in [0.1, 0.15) is 17.5 Å². The summed E-state index contributed by atoms with van der Waals surface area (Å²) in [5.74, 6) is 0.791. The molecule has 4 nitrogen and oxygen atoms in total. The molecule has 1 saturated carbocycles. The largest absolute Gasteiger partial charge is 0.353 e. The van der Waals surface area contributed by atoms with Crippen LogP contribution in [0, 0.1) is 29.4 Å². The summed E-state index contributed by atoms with van der Waals surface area (Å²) in [4.78, 5) is 18.1. The maximum Gasteiger partial charge on any atom is 0.244 e. The van der Waals surface area contributed by atoms with E-state index in [1.165, 1.54) is 18.2 Å². The smallest absolute Gasteiger partial charge is 0.244 e. The lowest BCUT2D eigenvalue weighted by Gasteiger charge is -2.19. The minimum absolute atomic E-state index is 0.0944. The third-order valence-corrected chi connectivity index (χ3v) is 5.74. The Morgan fingerprint density at radius 2 is 2.07 bits per heavy atom. The van der Waals surface area contributed by atoms with Gasteiger partial charge in [-0.3, -0.25) is 14.7 Å². The average Bonchev–Trinajstić information content (AvgIpc) is 3.14. The normalized spacial score (nSPS) is 23.7. The van der Waals surface area contributed by atoms with Gasteiger partial charge in [-0.05, 0) is 47.9 Å². The van der Waals surface area contributed by atoms with Crippen molar-refractivity contribution < 1.29 is 13.6 Å². The van der Waals surface area contributed by atoms with E-state index in [0.29, 0.717) is 36.4 Å². The van der Waals surface area contributed by atoms with E-state index in [1.807, 2.05) is 12.1 Å². The van der Waals surface area contributed by atoms with Gasteiger partial charge < -0.3 is 5.32 Å². The van der Waals surface area contributed by atoms with Gasteiger partial charge in [0.2, 0.25) is 5.91 Å². The fourth-order valence-electron chi connectivity index (χ4n) is 4.25. The topological polar surface area (TPSA) is 45.2 Å². The monoisotopic (exact) mass is 383 g/mol. The van der Waals surface area contributed by atoms with Gasteiger partial charge in [-0.2, -0.15) is 0 Å². The standard InChI is InChI=1S/C22H23F2N3O/c23-17-5-4-16(21(24)10-17)12-27-13-19-18(20(19)14-27)7-9-26-22(28)6-3-15-2-1-8-25-11-15/h1-6,8,10-11,18-20H,7,9,12-14H2,(H,26,28)/b6-3+/t18-,19-,20+. The Bertz CT molecular complexity index is 859. The Morgan fingerprint density at radius 3 is 2.79 bits per heavy atom. The molecule has 0 radical (unpaired) electrons. The fraction of sp³-hybridized carbons (Fsp3) is 0.364. The molecule has 1 aromatic heterocycles. The predicted octanol–water partition coefficient (Wildman–Crippen LogP) is 3.26. The summed E-state index contributed by atoms with van der Waals surface area (Å²) < 4.78 is 26.8. The highest BCUT2D eigenvalue weighted by atomic mass is 19.1. The molecule has 1 aromatic carbocycles. The zero-order valence-corrected chi connectivity index (χ0v) is 15.5. The molecule has 146 valence electrons. The van der Waals surface area contributed by atoms with E-state index < -0.39 is 11.6 Å². The molecule has 1 amide bonds. The first-order valence-corrected chi connectivity index (χ1v) is 9.62. The number of nitrogens with zero attached hydrogens (tertiary/aromatic N) is 2. The Morgan fingerprint density at radius 1 is 1.25 bits per heavy atom. The second-order valence-corrected chi connectivity index (χ2v) is 7.62. The highest BCUT2D eigenvalue weighted by molar-refractivity contribution is 5.91. The quantitative estimate of drug-likeness (QED) is 0.747. The van der Waals surface area contributed by atoms with E-state index in [-0.39, 0.29) is 5.91 Å². The predicted molar refractivity (Wildman–Crippen MR) is 103 cm³/mol. The molecule has 1 aliphatic carbocycles. The van der Waals surface area contributed by atoms with Crippen LogP contribution in [-0.4, -0.2) is 35.4 Å². The minimum atomic E-state index is -0.539. The summed E-state index contributed by atoms with van der Waals surface area (Å²) in [5, 5.41) is 2.93. The van der Waals surface area contributed by atoms with Crippen LogP contribution < -0.4 is 5.32 Å². The van der Waals surface area contributed by atoms with E-state index in [9.17, 15) is 13.6 Å². The van der Waals surface area contributed by atoms with Gasteiger partial charge in [0.15, 0.2) is 0 Å². The van der Waals surface area contributed by atoms with Gasteiger partial charge in [-0.15, -0.1) is 0 Å². The lowest BCUT2D eigenvalue weighted by atomic mass is 10.1. The lowest BCUT2D eigenvalue weighted by Crippen LogP contribution is -2.26. The van der Waals surface area contributed by atoms with Gasteiger partial charge in [-0.25, -0.2) is 8.78 Å². The molecule has 0 unspecified atom stereocenters. The number of halogens is 2. The van der Waals surface area contributed by atoms with Gasteiger partial charge in [-0.1, -0.05) is 12.1 Å². The maximum atomic E-state index is 13.8. The number of carbonyl (C=O) groups is 1. The van der Waals surface area contributed by atoms with E-state index in [4.69, 9.17) is 0 Å². The molecule has 6 heteroatoms.